The van der Waals surface area contributed by atoms with E-state index in [9.17, 15) is 23.3 Å². The Morgan fingerprint density at radius 3 is 2.43 bits per heavy atom. The van der Waals surface area contributed by atoms with Gasteiger partial charge in [-0.25, -0.2) is 0 Å². The largest absolute Gasteiger partial charge is 0.492 e. The maximum Gasteiger partial charge on any atom is 0.423 e. The third kappa shape index (κ3) is 4.60. The van der Waals surface area contributed by atoms with Crippen LogP contribution in [0, 0.1) is 10.1 Å². The van der Waals surface area contributed by atoms with Crippen molar-refractivity contribution >= 4 is 11.4 Å². The van der Waals surface area contributed by atoms with Crippen molar-refractivity contribution in [3.05, 3.63) is 64.2 Å². The average Bonchev–Trinajstić information content (AvgIpc) is 2.51. The van der Waals surface area contributed by atoms with Gasteiger partial charge in [0.05, 0.1) is 4.92 Å². The second-order valence-corrected chi connectivity index (χ2v) is 4.58. The summed E-state index contributed by atoms with van der Waals surface area (Å²) in [5, 5.41) is 13.4. The van der Waals surface area contributed by atoms with Crippen LogP contribution in [-0.2, 0) is 6.18 Å². The van der Waals surface area contributed by atoms with E-state index >= 15 is 0 Å². The van der Waals surface area contributed by atoms with Gasteiger partial charge in [0.15, 0.2) is 0 Å². The van der Waals surface area contributed by atoms with Crippen LogP contribution >= 0.6 is 0 Å². The number of rotatable bonds is 6. The minimum atomic E-state index is -4.79. The zero-order valence-corrected chi connectivity index (χ0v) is 11.8. The maximum atomic E-state index is 12.8. The molecular formula is C15H13F3N2O3. The molecule has 1 N–H and O–H groups in total. The van der Waals surface area contributed by atoms with Crippen molar-refractivity contribution in [1.29, 1.82) is 0 Å². The number of hydrogen-bond donors (Lipinski definition) is 1. The van der Waals surface area contributed by atoms with E-state index in [0.29, 0.717) is 5.75 Å². The zero-order valence-electron chi connectivity index (χ0n) is 11.8. The van der Waals surface area contributed by atoms with Crippen LogP contribution in [0.15, 0.2) is 48.5 Å². The molecule has 0 amide bonds. The fourth-order valence-electron chi connectivity index (χ4n) is 1.91. The Morgan fingerprint density at radius 2 is 1.83 bits per heavy atom. The van der Waals surface area contributed by atoms with E-state index in [0.717, 1.165) is 12.1 Å². The van der Waals surface area contributed by atoms with Gasteiger partial charge in [0.25, 0.3) is 5.69 Å². The lowest BCUT2D eigenvalue weighted by molar-refractivity contribution is -0.388. The number of ether oxygens (including phenoxy) is 1. The molecule has 0 fully saturated rings. The first-order chi connectivity index (χ1) is 10.9. The van der Waals surface area contributed by atoms with Gasteiger partial charge in [0.2, 0.25) is 0 Å². The minimum absolute atomic E-state index is 0.139. The molecule has 23 heavy (non-hydrogen) atoms. The van der Waals surface area contributed by atoms with Crippen LogP contribution in [0.5, 0.6) is 5.75 Å². The van der Waals surface area contributed by atoms with Crippen molar-refractivity contribution in [2.75, 3.05) is 18.5 Å². The Bertz CT molecular complexity index is 675. The number of nitro benzene ring substituents is 1. The molecule has 0 bridgehead atoms. The molecular weight excluding hydrogens is 313 g/mol. The molecule has 2 aromatic carbocycles. The standard InChI is InChI=1S/C15H13F3N2O3/c16-15(17,18)13-10-11(6-7-14(13)20(21)22)19-8-9-23-12-4-2-1-3-5-12/h1-7,10,19H,8-9H2. The number of para-hydroxylation sites is 1. The Morgan fingerprint density at radius 1 is 1.13 bits per heavy atom. The highest BCUT2D eigenvalue weighted by Gasteiger charge is 2.38. The van der Waals surface area contributed by atoms with Gasteiger partial charge in [-0.05, 0) is 24.3 Å². The molecule has 0 saturated carbocycles. The van der Waals surface area contributed by atoms with Crippen LogP contribution in [-0.4, -0.2) is 18.1 Å². The monoisotopic (exact) mass is 326 g/mol. The molecule has 0 aliphatic rings. The van der Waals surface area contributed by atoms with Gasteiger partial charge in [-0.1, -0.05) is 18.2 Å². The number of alkyl halides is 3. The molecule has 0 spiro atoms. The first-order valence-corrected chi connectivity index (χ1v) is 6.65. The summed E-state index contributed by atoms with van der Waals surface area (Å²) >= 11 is 0. The van der Waals surface area contributed by atoms with Gasteiger partial charge in [-0.3, -0.25) is 10.1 Å². The van der Waals surface area contributed by atoms with Crippen molar-refractivity contribution in [3.8, 4) is 5.75 Å². The van der Waals surface area contributed by atoms with Crippen molar-refractivity contribution in [1.82, 2.24) is 0 Å². The lowest BCUT2D eigenvalue weighted by Crippen LogP contribution is -2.13. The highest BCUT2D eigenvalue weighted by atomic mass is 19.4. The van der Waals surface area contributed by atoms with Crippen LogP contribution in [0.25, 0.3) is 0 Å². The first-order valence-electron chi connectivity index (χ1n) is 6.65. The Balaban J connectivity index is 1.99. The smallest absolute Gasteiger partial charge is 0.423 e. The van der Waals surface area contributed by atoms with E-state index in [4.69, 9.17) is 4.74 Å². The predicted molar refractivity (Wildman–Crippen MR) is 78.5 cm³/mol. The normalized spacial score (nSPS) is 11.1. The number of benzene rings is 2. The Kier molecular flexibility index (Phi) is 5.05. The van der Waals surface area contributed by atoms with Gasteiger partial charge in [0.1, 0.15) is 17.9 Å². The predicted octanol–water partition coefficient (Wildman–Crippen LogP) is 4.10. The summed E-state index contributed by atoms with van der Waals surface area (Å²) in [4.78, 5) is 9.61. The minimum Gasteiger partial charge on any atom is -0.492 e. The zero-order chi connectivity index (χ0) is 16.9. The average molecular weight is 326 g/mol. The Labute approximate surface area is 129 Å². The molecule has 122 valence electrons. The topological polar surface area (TPSA) is 64.4 Å². The van der Waals surface area contributed by atoms with Gasteiger partial charge < -0.3 is 10.1 Å². The van der Waals surface area contributed by atoms with E-state index in [1.54, 1.807) is 24.3 Å². The number of nitrogens with zero attached hydrogens (tertiary/aromatic N) is 1. The second-order valence-electron chi connectivity index (χ2n) is 4.58. The summed E-state index contributed by atoms with van der Waals surface area (Å²) in [6, 6.07) is 11.7. The number of hydrogen-bond acceptors (Lipinski definition) is 4. The molecule has 0 unspecified atom stereocenters. The van der Waals surface area contributed by atoms with E-state index in [1.807, 2.05) is 6.07 Å². The molecule has 0 radical (unpaired) electrons. The molecule has 0 heterocycles. The molecule has 2 rings (SSSR count). The third-order valence-corrected chi connectivity index (χ3v) is 2.94. The summed E-state index contributed by atoms with van der Waals surface area (Å²) in [5.41, 5.74) is -2.11. The van der Waals surface area contributed by atoms with Crippen molar-refractivity contribution in [2.24, 2.45) is 0 Å². The quantitative estimate of drug-likeness (QED) is 0.493. The van der Waals surface area contributed by atoms with Gasteiger partial charge >= 0.3 is 6.18 Å². The summed E-state index contributed by atoms with van der Waals surface area (Å²) in [5.74, 6) is 0.647. The number of anilines is 1. The van der Waals surface area contributed by atoms with E-state index in [-0.39, 0.29) is 18.8 Å². The molecule has 5 nitrogen and oxygen atoms in total. The lowest BCUT2D eigenvalue weighted by Gasteiger charge is -2.12. The van der Waals surface area contributed by atoms with Crippen molar-refractivity contribution in [3.63, 3.8) is 0 Å². The fraction of sp³-hybridized carbons (Fsp3) is 0.200. The second kappa shape index (κ2) is 6.99. The SMILES string of the molecule is O=[N+]([O-])c1ccc(NCCOc2ccccc2)cc1C(F)(F)F. The summed E-state index contributed by atoms with van der Waals surface area (Å²) in [6.45, 7) is 0.492. The summed E-state index contributed by atoms with van der Waals surface area (Å²) in [7, 11) is 0. The molecule has 0 aliphatic heterocycles. The maximum absolute atomic E-state index is 12.8. The molecule has 0 aromatic heterocycles. The van der Waals surface area contributed by atoms with Gasteiger partial charge in [0, 0.05) is 18.3 Å². The first kappa shape index (κ1) is 16.6. The molecule has 2 aromatic rings. The van der Waals surface area contributed by atoms with Crippen LogP contribution in [0.1, 0.15) is 5.56 Å². The number of nitrogens with one attached hydrogen (secondary N) is 1. The number of halogens is 3. The highest BCUT2D eigenvalue weighted by Crippen LogP contribution is 2.37. The number of nitro groups is 1. The molecule has 8 heteroatoms. The Hall–Kier alpha value is -2.77. The van der Waals surface area contributed by atoms with E-state index in [2.05, 4.69) is 5.32 Å². The summed E-state index contributed by atoms with van der Waals surface area (Å²) in [6.07, 6.45) is -4.79. The van der Waals surface area contributed by atoms with Crippen LogP contribution in [0.4, 0.5) is 24.5 Å². The molecule has 0 aliphatic carbocycles. The van der Waals surface area contributed by atoms with Crippen LogP contribution in [0.2, 0.25) is 0 Å². The third-order valence-electron chi connectivity index (χ3n) is 2.94. The molecule has 0 atom stereocenters. The van der Waals surface area contributed by atoms with Gasteiger partial charge in [-0.15, -0.1) is 0 Å². The molecule has 0 saturated heterocycles. The lowest BCUT2D eigenvalue weighted by atomic mass is 10.1. The van der Waals surface area contributed by atoms with Gasteiger partial charge in [-0.2, -0.15) is 13.2 Å². The highest BCUT2D eigenvalue weighted by molar-refractivity contribution is 5.55. The van der Waals surface area contributed by atoms with E-state index < -0.39 is 22.4 Å². The fourth-order valence-corrected chi connectivity index (χ4v) is 1.91. The van der Waals surface area contributed by atoms with Crippen molar-refractivity contribution in [2.45, 2.75) is 6.18 Å². The van der Waals surface area contributed by atoms with E-state index in [1.165, 1.54) is 6.07 Å². The van der Waals surface area contributed by atoms with Crippen molar-refractivity contribution < 1.29 is 22.8 Å². The van der Waals surface area contributed by atoms with Crippen LogP contribution < -0.4 is 10.1 Å². The summed E-state index contributed by atoms with van der Waals surface area (Å²) < 4.78 is 43.9. The van der Waals surface area contributed by atoms with Crippen LogP contribution in [0.3, 0.4) is 0 Å².